The van der Waals surface area contributed by atoms with Gasteiger partial charge in [-0.05, 0) is 18.6 Å². The van der Waals surface area contributed by atoms with Crippen molar-refractivity contribution >= 4 is 11.6 Å². The topological polar surface area (TPSA) is 29.5 Å². The molecule has 0 aliphatic carbocycles. The van der Waals surface area contributed by atoms with Crippen molar-refractivity contribution in [3.05, 3.63) is 28.3 Å². The van der Waals surface area contributed by atoms with E-state index in [1.165, 1.54) is 0 Å². The second-order valence-corrected chi connectivity index (χ2v) is 4.72. The summed E-state index contributed by atoms with van der Waals surface area (Å²) < 4.78 is 5.35. The fraction of sp³-hybridized carbons (Fsp3) is 0.500. The molecular weight excluding hydrogens is 212 g/mol. The van der Waals surface area contributed by atoms with E-state index in [2.05, 4.69) is 0 Å². The van der Waals surface area contributed by atoms with Crippen LogP contribution in [0.4, 0.5) is 0 Å². The van der Waals surface area contributed by atoms with Crippen LogP contribution in [0.3, 0.4) is 0 Å². The number of ether oxygens (including phenoxy) is 1. The van der Waals surface area contributed by atoms with Gasteiger partial charge < -0.3 is 9.84 Å². The van der Waals surface area contributed by atoms with E-state index in [0.717, 1.165) is 16.9 Å². The Balaban J connectivity index is 3.44. The zero-order valence-corrected chi connectivity index (χ0v) is 10.4. The first kappa shape index (κ1) is 12.3. The van der Waals surface area contributed by atoms with Crippen molar-refractivity contribution in [1.82, 2.24) is 0 Å². The number of rotatable bonds is 3. The van der Waals surface area contributed by atoms with Crippen LogP contribution in [0.15, 0.2) is 12.1 Å². The normalized spacial score (nSPS) is 11.6. The second kappa shape index (κ2) is 4.42. The maximum Gasteiger partial charge on any atom is 0.127 e. The van der Waals surface area contributed by atoms with Gasteiger partial charge in [0, 0.05) is 16.0 Å². The highest BCUT2D eigenvalue weighted by atomic mass is 35.5. The Labute approximate surface area is 95.8 Å². The van der Waals surface area contributed by atoms with Gasteiger partial charge in [-0.3, -0.25) is 0 Å². The first-order valence-corrected chi connectivity index (χ1v) is 5.26. The summed E-state index contributed by atoms with van der Waals surface area (Å²) in [5, 5.41) is 10.0. The molecule has 0 spiro atoms. The Bertz CT molecular complexity index is 359. The number of aliphatic hydroxyl groups excluding tert-OH is 1. The predicted molar refractivity (Wildman–Crippen MR) is 62.9 cm³/mol. The Morgan fingerprint density at radius 2 is 2.00 bits per heavy atom. The lowest BCUT2D eigenvalue weighted by molar-refractivity contribution is 0.214. The number of hydrogen-bond acceptors (Lipinski definition) is 2. The SMILES string of the molecule is COc1c(C)ccc(Cl)c1C(C)(C)CO. The van der Waals surface area contributed by atoms with Gasteiger partial charge in [0.15, 0.2) is 0 Å². The van der Waals surface area contributed by atoms with E-state index < -0.39 is 5.41 Å². The molecule has 3 heteroatoms. The zero-order valence-electron chi connectivity index (χ0n) is 9.60. The quantitative estimate of drug-likeness (QED) is 0.862. The van der Waals surface area contributed by atoms with Crippen LogP contribution >= 0.6 is 11.6 Å². The van der Waals surface area contributed by atoms with Crippen molar-refractivity contribution in [1.29, 1.82) is 0 Å². The Morgan fingerprint density at radius 1 is 1.40 bits per heavy atom. The molecule has 0 unspecified atom stereocenters. The summed E-state index contributed by atoms with van der Waals surface area (Å²) in [7, 11) is 1.62. The first-order valence-electron chi connectivity index (χ1n) is 4.88. The molecule has 0 bridgehead atoms. The largest absolute Gasteiger partial charge is 0.496 e. The molecule has 2 nitrogen and oxygen atoms in total. The molecule has 0 saturated carbocycles. The van der Waals surface area contributed by atoms with Crippen molar-refractivity contribution in [3.8, 4) is 5.75 Å². The molecule has 1 rings (SSSR count). The highest BCUT2D eigenvalue weighted by Gasteiger charge is 2.27. The fourth-order valence-electron chi connectivity index (χ4n) is 1.64. The van der Waals surface area contributed by atoms with Crippen molar-refractivity contribution in [2.24, 2.45) is 0 Å². The Hall–Kier alpha value is -0.730. The first-order chi connectivity index (χ1) is 6.94. The van der Waals surface area contributed by atoms with Gasteiger partial charge in [-0.15, -0.1) is 0 Å². The molecule has 0 atom stereocenters. The number of halogens is 1. The summed E-state index contributed by atoms with van der Waals surface area (Å²) in [6.07, 6.45) is 0. The lowest BCUT2D eigenvalue weighted by Gasteiger charge is -2.26. The number of benzene rings is 1. The van der Waals surface area contributed by atoms with Crippen LogP contribution in [-0.4, -0.2) is 18.8 Å². The monoisotopic (exact) mass is 228 g/mol. The van der Waals surface area contributed by atoms with Crippen LogP contribution in [0, 0.1) is 6.92 Å². The Morgan fingerprint density at radius 3 is 2.47 bits per heavy atom. The van der Waals surface area contributed by atoms with Crippen molar-refractivity contribution < 1.29 is 9.84 Å². The standard InChI is InChI=1S/C12H17ClO2/c1-8-5-6-9(13)10(11(8)15-4)12(2,3)7-14/h5-6,14H,7H2,1-4H3. The fourth-order valence-corrected chi connectivity index (χ4v) is 2.04. The maximum atomic E-state index is 9.37. The number of methoxy groups -OCH3 is 1. The van der Waals surface area contributed by atoms with Gasteiger partial charge in [0.25, 0.3) is 0 Å². The van der Waals surface area contributed by atoms with E-state index in [0.29, 0.717) is 5.02 Å². The minimum atomic E-state index is -0.394. The van der Waals surface area contributed by atoms with Gasteiger partial charge in [-0.1, -0.05) is 31.5 Å². The molecule has 0 fully saturated rings. The summed E-state index contributed by atoms with van der Waals surface area (Å²) in [5.41, 5.74) is 1.50. The number of aliphatic hydroxyl groups is 1. The molecule has 0 heterocycles. The third-order valence-corrected chi connectivity index (χ3v) is 2.89. The van der Waals surface area contributed by atoms with Crippen LogP contribution in [-0.2, 0) is 5.41 Å². The average Bonchev–Trinajstić information content (AvgIpc) is 2.20. The van der Waals surface area contributed by atoms with E-state index in [1.807, 2.05) is 32.9 Å². The predicted octanol–water partition coefficient (Wildman–Crippen LogP) is 2.93. The molecule has 84 valence electrons. The van der Waals surface area contributed by atoms with E-state index in [9.17, 15) is 5.11 Å². The van der Waals surface area contributed by atoms with Gasteiger partial charge in [0.2, 0.25) is 0 Å². The molecule has 0 aliphatic heterocycles. The van der Waals surface area contributed by atoms with Crippen molar-refractivity contribution in [3.63, 3.8) is 0 Å². The summed E-state index contributed by atoms with van der Waals surface area (Å²) in [6.45, 7) is 5.88. The molecule has 0 aromatic heterocycles. The molecule has 15 heavy (non-hydrogen) atoms. The van der Waals surface area contributed by atoms with Crippen LogP contribution in [0.2, 0.25) is 5.02 Å². The Kier molecular flexibility index (Phi) is 3.63. The molecule has 0 saturated heterocycles. The molecule has 1 N–H and O–H groups in total. The second-order valence-electron chi connectivity index (χ2n) is 4.31. The van der Waals surface area contributed by atoms with Gasteiger partial charge in [-0.25, -0.2) is 0 Å². The number of aryl methyl sites for hydroxylation is 1. The minimum absolute atomic E-state index is 0.0343. The molecule has 0 radical (unpaired) electrons. The average molecular weight is 229 g/mol. The molecular formula is C12H17ClO2. The summed E-state index contributed by atoms with van der Waals surface area (Å²) in [6, 6.07) is 3.75. The highest BCUT2D eigenvalue weighted by molar-refractivity contribution is 6.31. The summed E-state index contributed by atoms with van der Waals surface area (Å²) in [5.74, 6) is 0.765. The van der Waals surface area contributed by atoms with Gasteiger partial charge >= 0.3 is 0 Å². The lowest BCUT2D eigenvalue weighted by atomic mass is 9.84. The summed E-state index contributed by atoms with van der Waals surface area (Å²) >= 11 is 6.15. The van der Waals surface area contributed by atoms with E-state index in [1.54, 1.807) is 7.11 Å². The van der Waals surface area contributed by atoms with Gasteiger partial charge in [-0.2, -0.15) is 0 Å². The smallest absolute Gasteiger partial charge is 0.127 e. The van der Waals surface area contributed by atoms with Crippen molar-refractivity contribution in [2.75, 3.05) is 13.7 Å². The van der Waals surface area contributed by atoms with Crippen LogP contribution < -0.4 is 4.74 Å². The molecule has 1 aromatic rings. The molecule has 0 aliphatic rings. The summed E-state index contributed by atoms with van der Waals surface area (Å²) in [4.78, 5) is 0. The third-order valence-electron chi connectivity index (χ3n) is 2.58. The minimum Gasteiger partial charge on any atom is -0.496 e. The molecule has 0 amide bonds. The zero-order chi connectivity index (χ0) is 11.6. The van der Waals surface area contributed by atoms with E-state index in [-0.39, 0.29) is 6.61 Å². The van der Waals surface area contributed by atoms with E-state index in [4.69, 9.17) is 16.3 Å². The maximum absolute atomic E-state index is 9.37. The van der Waals surface area contributed by atoms with Gasteiger partial charge in [0.05, 0.1) is 13.7 Å². The highest BCUT2D eigenvalue weighted by Crippen LogP contribution is 2.38. The number of hydrogen-bond donors (Lipinski definition) is 1. The van der Waals surface area contributed by atoms with E-state index >= 15 is 0 Å². The van der Waals surface area contributed by atoms with Crippen LogP contribution in [0.1, 0.15) is 25.0 Å². The van der Waals surface area contributed by atoms with Crippen LogP contribution in [0.25, 0.3) is 0 Å². The lowest BCUT2D eigenvalue weighted by Crippen LogP contribution is -2.23. The van der Waals surface area contributed by atoms with Gasteiger partial charge in [0.1, 0.15) is 5.75 Å². The van der Waals surface area contributed by atoms with Crippen molar-refractivity contribution in [2.45, 2.75) is 26.2 Å². The third kappa shape index (κ3) is 2.27. The molecule has 1 aromatic carbocycles. The van der Waals surface area contributed by atoms with Crippen LogP contribution in [0.5, 0.6) is 5.75 Å².